The van der Waals surface area contributed by atoms with Crippen molar-refractivity contribution in [1.29, 1.82) is 0 Å². The van der Waals surface area contributed by atoms with E-state index in [2.05, 4.69) is 0 Å². The lowest BCUT2D eigenvalue weighted by molar-refractivity contribution is 0.161. The Bertz CT molecular complexity index is 560. The molecular weight excluding hydrogens is 284 g/mol. The van der Waals surface area contributed by atoms with Gasteiger partial charge in [-0.2, -0.15) is 0 Å². The summed E-state index contributed by atoms with van der Waals surface area (Å²) in [6.45, 7) is 6.14. The van der Waals surface area contributed by atoms with Gasteiger partial charge >= 0.3 is 12.2 Å². The van der Waals surface area contributed by atoms with Crippen LogP contribution in [0.2, 0.25) is 0 Å². The Balaban J connectivity index is 3.19. The fourth-order valence-corrected chi connectivity index (χ4v) is 1.51. The van der Waals surface area contributed by atoms with E-state index in [1.807, 2.05) is 26.8 Å². The van der Waals surface area contributed by atoms with E-state index in [0.29, 0.717) is 0 Å². The van der Waals surface area contributed by atoms with E-state index in [1.54, 1.807) is 40.3 Å². The monoisotopic (exact) mass is 308 g/mol. The second-order valence-electron chi connectivity index (χ2n) is 6.44. The zero-order chi connectivity index (χ0) is 17.1. The van der Waals surface area contributed by atoms with E-state index in [1.165, 1.54) is 9.80 Å². The molecule has 0 unspecified atom stereocenters. The van der Waals surface area contributed by atoms with Gasteiger partial charge in [-0.3, -0.25) is 0 Å². The Morgan fingerprint density at radius 2 is 1.32 bits per heavy atom. The Kier molecular flexibility index (Phi) is 5.41. The third-order valence-corrected chi connectivity index (χ3v) is 2.93. The highest BCUT2D eigenvalue weighted by atomic mass is 16.6. The van der Waals surface area contributed by atoms with Crippen molar-refractivity contribution in [3.8, 4) is 11.5 Å². The van der Waals surface area contributed by atoms with Crippen LogP contribution >= 0.6 is 0 Å². The smallest absolute Gasteiger partial charge is 0.406 e. The molecule has 0 N–H and O–H groups in total. The summed E-state index contributed by atoms with van der Waals surface area (Å²) in [5.41, 5.74) is 0.849. The van der Waals surface area contributed by atoms with Crippen LogP contribution in [0, 0.1) is 0 Å². The third kappa shape index (κ3) is 4.65. The second kappa shape index (κ2) is 6.68. The van der Waals surface area contributed by atoms with Crippen LogP contribution in [0.5, 0.6) is 11.5 Å². The van der Waals surface area contributed by atoms with Gasteiger partial charge in [-0.1, -0.05) is 26.8 Å². The van der Waals surface area contributed by atoms with Gasteiger partial charge in [-0.05, 0) is 23.1 Å². The molecule has 1 aromatic carbocycles. The normalized spacial score (nSPS) is 10.9. The maximum atomic E-state index is 11.8. The van der Waals surface area contributed by atoms with E-state index in [4.69, 9.17) is 9.47 Å². The molecule has 0 bridgehead atoms. The molecular formula is C16H24N2O4. The topological polar surface area (TPSA) is 59.1 Å². The SMILES string of the molecule is CN(C)C(=O)Oc1ccc(C(C)(C)C)cc1OC(=O)N(C)C. The molecule has 0 aromatic heterocycles. The molecule has 22 heavy (non-hydrogen) atoms. The van der Waals surface area contributed by atoms with E-state index in [9.17, 15) is 9.59 Å². The fraction of sp³-hybridized carbons (Fsp3) is 0.500. The minimum Gasteiger partial charge on any atom is -0.406 e. The lowest BCUT2D eigenvalue weighted by atomic mass is 9.87. The molecule has 122 valence electrons. The molecule has 0 spiro atoms. The van der Waals surface area contributed by atoms with Crippen molar-refractivity contribution >= 4 is 12.2 Å². The van der Waals surface area contributed by atoms with Crippen LogP contribution in [0.4, 0.5) is 9.59 Å². The molecule has 0 saturated heterocycles. The molecule has 0 fully saturated rings. The lowest BCUT2D eigenvalue weighted by Crippen LogP contribution is -2.27. The van der Waals surface area contributed by atoms with E-state index in [0.717, 1.165) is 5.56 Å². The number of hydrogen-bond donors (Lipinski definition) is 0. The highest BCUT2D eigenvalue weighted by Gasteiger charge is 2.20. The van der Waals surface area contributed by atoms with Crippen LogP contribution in [-0.4, -0.2) is 50.2 Å². The van der Waals surface area contributed by atoms with Gasteiger partial charge in [0.1, 0.15) is 0 Å². The average Bonchev–Trinajstić information content (AvgIpc) is 2.38. The first-order valence-corrected chi connectivity index (χ1v) is 6.95. The van der Waals surface area contributed by atoms with Gasteiger partial charge in [-0.25, -0.2) is 9.59 Å². The van der Waals surface area contributed by atoms with Crippen molar-refractivity contribution in [1.82, 2.24) is 9.80 Å². The summed E-state index contributed by atoms with van der Waals surface area (Å²) in [4.78, 5) is 26.1. The van der Waals surface area contributed by atoms with Crippen LogP contribution in [0.3, 0.4) is 0 Å². The number of ether oxygens (including phenoxy) is 2. The van der Waals surface area contributed by atoms with Crippen molar-refractivity contribution in [3.63, 3.8) is 0 Å². The minimum absolute atomic E-state index is 0.122. The molecule has 0 saturated carbocycles. The molecule has 0 aliphatic carbocycles. The Morgan fingerprint density at radius 3 is 1.73 bits per heavy atom. The zero-order valence-electron chi connectivity index (χ0n) is 14.3. The predicted octanol–water partition coefficient (Wildman–Crippen LogP) is 3.10. The molecule has 0 radical (unpaired) electrons. The van der Waals surface area contributed by atoms with Gasteiger partial charge in [0, 0.05) is 28.2 Å². The summed E-state index contributed by atoms with van der Waals surface area (Å²) in [6, 6.07) is 5.21. The Morgan fingerprint density at radius 1 is 0.864 bits per heavy atom. The van der Waals surface area contributed by atoms with Crippen molar-refractivity contribution in [2.24, 2.45) is 0 Å². The van der Waals surface area contributed by atoms with Gasteiger partial charge in [0.2, 0.25) is 0 Å². The summed E-state index contributed by atoms with van der Waals surface area (Å²) in [7, 11) is 6.33. The number of amides is 2. The molecule has 6 nitrogen and oxygen atoms in total. The van der Waals surface area contributed by atoms with E-state index in [-0.39, 0.29) is 16.9 Å². The molecule has 2 amide bonds. The van der Waals surface area contributed by atoms with Crippen molar-refractivity contribution < 1.29 is 19.1 Å². The zero-order valence-corrected chi connectivity index (χ0v) is 14.3. The van der Waals surface area contributed by atoms with Crippen molar-refractivity contribution in [2.45, 2.75) is 26.2 Å². The Hall–Kier alpha value is -2.24. The number of hydrogen-bond acceptors (Lipinski definition) is 4. The van der Waals surface area contributed by atoms with Crippen LogP contribution in [0.1, 0.15) is 26.3 Å². The number of carbonyl (C=O) groups excluding carboxylic acids is 2. The highest BCUT2D eigenvalue weighted by Crippen LogP contribution is 2.34. The van der Waals surface area contributed by atoms with Gasteiger partial charge in [-0.15, -0.1) is 0 Å². The number of nitrogens with zero attached hydrogens (tertiary/aromatic N) is 2. The molecule has 6 heteroatoms. The van der Waals surface area contributed by atoms with Crippen molar-refractivity contribution in [3.05, 3.63) is 23.8 Å². The predicted molar refractivity (Wildman–Crippen MR) is 84.6 cm³/mol. The second-order valence-corrected chi connectivity index (χ2v) is 6.44. The highest BCUT2D eigenvalue weighted by molar-refractivity contribution is 5.74. The largest absolute Gasteiger partial charge is 0.414 e. The minimum atomic E-state index is -0.536. The molecule has 0 aliphatic heterocycles. The first-order chi connectivity index (χ1) is 10.0. The summed E-state index contributed by atoms with van der Waals surface area (Å²) < 4.78 is 10.6. The average molecular weight is 308 g/mol. The van der Waals surface area contributed by atoms with Gasteiger partial charge in [0.25, 0.3) is 0 Å². The molecule has 1 aromatic rings. The van der Waals surface area contributed by atoms with E-state index >= 15 is 0 Å². The first-order valence-electron chi connectivity index (χ1n) is 6.95. The van der Waals surface area contributed by atoms with Crippen LogP contribution in [-0.2, 0) is 5.41 Å². The number of rotatable bonds is 2. The van der Waals surface area contributed by atoms with Gasteiger partial charge in [0.05, 0.1) is 0 Å². The lowest BCUT2D eigenvalue weighted by Gasteiger charge is -2.22. The third-order valence-electron chi connectivity index (χ3n) is 2.93. The van der Waals surface area contributed by atoms with Gasteiger partial charge in [0.15, 0.2) is 11.5 Å². The summed E-state index contributed by atoms with van der Waals surface area (Å²) in [6.07, 6.45) is -1.07. The first kappa shape index (κ1) is 17.8. The standard InChI is InChI=1S/C16H24N2O4/c1-16(2,3)11-8-9-12(21-14(19)17(4)5)13(10-11)22-15(20)18(6)7/h8-10H,1-7H3. The molecule has 1 rings (SSSR count). The van der Waals surface area contributed by atoms with Crippen LogP contribution in [0.25, 0.3) is 0 Å². The van der Waals surface area contributed by atoms with E-state index < -0.39 is 12.2 Å². The summed E-state index contributed by atoms with van der Waals surface area (Å²) in [5, 5.41) is 0. The van der Waals surface area contributed by atoms with Crippen molar-refractivity contribution in [2.75, 3.05) is 28.2 Å². The maximum absolute atomic E-state index is 11.8. The number of carbonyl (C=O) groups is 2. The molecule has 0 aliphatic rings. The molecule has 0 heterocycles. The fourth-order valence-electron chi connectivity index (χ4n) is 1.51. The quantitative estimate of drug-likeness (QED) is 0.842. The summed E-state index contributed by atoms with van der Waals surface area (Å²) in [5.74, 6) is 0.434. The van der Waals surface area contributed by atoms with Crippen LogP contribution in [0.15, 0.2) is 18.2 Å². The molecule has 0 atom stereocenters. The number of benzene rings is 1. The maximum Gasteiger partial charge on any atom is 0.414 e. The van der Waals surface area contributed by atoms with Crippen LogP contribution < -0.4 is 9.47 Å². The van der Waals surface area contributed by atoms with Gasteiger partial charge < -0.3 is 19.3 Å². The Labute approximate surface area is 131 Å². The summed E-state index contributed by atoms with van der Waals surface area (Å²) >= 11 is 0.